The van der Waals surface area contributed by atoms with Crippen molar-refractivity contribution in [3.8, 4) is 5.69 Å². The zero-order valence-corrected chi connectivity index (χ0v) is 17.2. The van der Waals surface area contributed by atoms with E-state index in [2.05, 4.69) is 9.46 Å². The van der Waals surface area contributed by atoms with Crippen LogP contribution in [-0.4, -0.2) is 37.0 Å². The molecule has 0 aliphatic carbocycles. The van der Waals surface area contributed by atoms with Gasteiger partial charge in [-0.05, 0) is 30.3 Å². The first-order chi connectivity index (χ1) is 13.4. The van der Waals surface area contributed by atoms with E-state index >= 15 is 0 Å². The number of benzene rings is 1. The van der Waals surface area contributed by atoms with Gasteiger partial charge in [0.05, 0.1) is 10.4 Å². The van der Waals surface area contributed by atoms with Gasteiger partial charge in [-0.3, -0.25) is 14.0 Å². The number of aryl methyl sites for hydroxylation is 1. The van der Waals surface area contributed by atoms with Gasteiger partial charge in [-0.2, -0.15) is 22.6 Å². The number of rotatable bonds is 2. The maximum atomic E-state index is 12.9. The molecule has 0 radical (unpaired) electrons. The van der Waals surface area contributed by atoms with Crippen LogP contribution in [0.1, 0.15) is 15.2 Å². The van der Waals surface area contributed by atoms with Gasteiger partial charge in [-0.15, -0.1) is 11.3 Å². The molecule has 3 aromatic heterocycles. The van der Waals surface area contributed by atoms with Gasteiger partial charge >= 0.3 is 6.18 Å². The number of hydrogen-bond acceptors (Lipinski definition) is 4. The predicted octanol–water partition coefficient (Wildman–Crippen LogP) is 4.47. The number of amides is 1. The molecular formula is C18H15F3N4O2S2. The van der Waals surface area contributed by atoms with E-state index in [0.29, 0.717) is 21.0 Å². The standard InChI is InChI=1S/C18H15F3N4O2S2/c1-24-9-13-12-8-14(16(26)23-29(2,3)27)28-17(12)25(15(13)22-24)11-6-4-10(5-7-11)18(19,20)21/h4-9H,1-3H3. The van der Waals surface area contributed by atoms with Gasteiger partial charge in [0.1, 0.15) is 4.83 Å². The molecule has 0 unspecified atom stereocenters. The third-order valence-electron chi connectivity index (χ3n) is 4.19. The highest BCUT2D eigenvalue weighted by Gasteiger charge is 2.30. The quantitative estimate of drug-likeness (QED) is 0.462. The topological polar surface area (TPSA) is 69.2 Å². The van der Waals surface area contributed by atoms with Crippen LogP contribution in [-0.2, 0) is 23.0 Å². The molecule has 0 bridgehead atoms. The minimum atomic E-state index is -4.43. The van der Waals surface area contributed by atoms with Crippen LogP contribution in [0.25, 0.3) is 26.9 Å². The molecule has 29 heavy (non-hydrogen) atoms. The van der Waals surface area contributed by atoms with Crippen LogP contribution in [0.15, 0.2) is 40.9 Å². The number of carbonyl (C=O) groups is 1. The third-order valence-corrected chi connectivity index (χ3v) is 5.91. The number of thiophene rings is 1. The lowest BCUT2D eigenvalue weighted by molar-refractivity contribution is -0.137. The molecule has 6 nitrogen and oxygen atoms in total. The molecule has 0 aliphatic heterocycles. The molecule has 0 atom stereocenters. The van der Waals surface area contributed by atoms with Crippen LogP contribution in [0.3, 0.4) is 0 Å². The fourth-order valence-electron chi connectivity index (χ4n) is 3.06. The fraction of sp³-hybridized carbons (Fsp3) is 0.222. The Hall–Kier alpha value is -2.66. The summed E-state index contributed by atoms with van der Waals surface area (Å²) in [6.45, 7) is 0. The number of aromatic nitrogens is 3. The normalized spacial score (nSPS) is 12.8. The number of hydrogen-bond donors (Lipinski definition) is 0. The van der Waals surface area contributed by atoms with Crippen molar-refractivity contribution >= 4 is 48.2 Å². The molecule has 0 N–H and O–H groups in total. The molecule has 11 heteroatoms. The van der Waals surface area contributed by atoms with Gasteiger partial charge in [0.25, 0.3) is 5.91 Å². The molecule has 0 spiro atoms. The summed E-state index contributed by atoms with van der Waals surface area (Å²) in [4.78, 5) is 13.3. The van der Waals surface area contributed by atoms with Crippen LogP contribution in [0.4, 0.5) is 13.2 Å². The minimum absolute atomic E-state index is 0.304. The Labute approximate surface area is 167 Å². The van der Waals surface area contributed by atoms with Gasteiger partial charge in [-0.25, -0.2) is 4.21 Å². The average molecular weight is 440 g/mol. The lowest BCUT2D eigenvalue weighted by atomic mass is 10.2. The van der Waals surface area contributed by atoms with E-state index in [1.165, 1.54) is 24.6 Å². The van der Waals surface area contributed by atoms with Gasteiger partial charge in [0.2, 0.25) is 0 Å². The van der Waals surface area contributed by atoms with E-state index in [9.17, 15) is 22.2 Å². The maximum Gasteiger partial charge on any atom is 0.416 e. The smallest absolute Gasteiger partial charge is 0.283 e. The second-order valence-electron chi connectivity index (χ2n) is 6.83. The summed E-state index contributed by atoms with van der Waals surface area (Å²) in [7, 11) is -0.873. The minimum Gasteiger partial charge on any atom is -0.283 e. The highest BCUT2D eigenvalue weighted by molar-refractivity contribution is 7.92. The van der Waals surface area contributed by atoms with Gasteiger partial charge < -0.3 is 0 Å². The van der Waals surface area contributed by atoms with E-state index in [1.807, 2.05) is 0 Å². The van der Waals surface area contributed by atoms with Crippen molar-refractivity contribution < 1.29 is 22.2 Å². The van der Waals surface area contributed by atoms with Crippen molar-refractivity contribution in [3.05, 3.63) is 47.0 Å². The molecular weight excluding hydrogens is 425 g/mol. The summed E-state index contributed by atoms with van der Waals surface area (Å²) >= 11 is 1.14. The van der Waals surface area contributed by atoms with Gasteiger partial charge in [-0.1, -0.05) is 0 Å². The molecule has 4 aromatic rings. The van der Waals surface area contributed by atoms with E-state index in [1.54, 1.807) is 28.6 Å². The zero-order valence-electron chi connectivity index (χ0n) is 15.5. The number of alkyl halides is 3. The molecule has 0 fully saturated rings. The van der Waals surface area contributed by atoms with E-state index in [4.69, 9.17) is 0 Å². The summed E-state index contributed by atoms with van der Waals surface area (Å²) in [6, 6.07) is 6.41. The lowest BCUT2D eigenvalue weighted by Crippen LogP contribution is -2.05. The molecule has 0 saturated heterocycles. The Morgan fingerprint density at radius 1 is 1.17 bits per heavy atom. The van der Waals surface area contributed by atoms with E-state index in [0.717, 1.165) is 34.2 Å². The van der Waals surface area contributed by atoms with Crippen LogP contribution in [0, 0.1) is 0 Å². The third kappa shape index (κ3) is 3.55. The van der Waals surface area contributed by atoms with Crippen LogP contribution < -0.4 is 0 Å². The first-order valence-electron chi connectivity index (χ1n) is 8.31. The Balaban J connectivity index is 1.94. The Morgan fingerprint density at radius 3 is 2.41 bits per heavy atom. The van der Waals surface area contributed by atoms with Crippen molar-refractivity contribution in [1.82, 2.24) is 14.3 Å². The molecule has 0 saturated carbocycles. The summed E-state index contributed by atoms with van der Waals surface area (Å²) in [5, 5.41) is 5.90. The summed E-state index contributed by atoms with van der Waals surface area (Å²) in [5.74, 6) is -0.586. The largest absolute Gasteiger partial charge is 0.416 e. The van der Waals surface area contributed by atoms with Crippen molar-refractivity contribution in [2.24, 2.45) is 11.4 Å². The monoisotopic (exact) mass is 440 g/mol. The molecule has 1 amide bonds. The van der Waals surface area contributed by atoms with Crippen molar-refractivity contribution in [2.45, 2.75) is 6.18 Å². The second kappa shape index (κ2) is 6.42. The number of halogens is 3. The molecule has 4 rings (SSSR count). The molecule has 3 heterocycles. The summed E-state index contributed by atoms with van der Waals surface area (Å²) < 4.78 is 57.6. The van der Waals surface area contributed by atoms with E-state index in [-0.39, 0.29) is 0 Å². The Morgan fingerprint density at radius 2 is 1.83 bits per heavy atom. The van der Waals surface area contributed by atoms with Crippen LogP contribution in [0.5, 0.6) is 0 Å². The van der Waals surface area contributed by atoms with Gasteiger partial charge in [0.15, 0.2) is 5.65 Å². The Bertz CT molecular complexity index is 1380. The SMILES string of the molecule is Cn1cc2c3cc(C(=O)N=S(C)(C)=O)sc3n(-c3ccc(C(F)(F)F)cc3)c2n1. The van der Waals surface area contributed by atoms with Crippen LogP contribution in [0.2, 0.25) is 0 Å². The van der Waals surface area contributed by atoms with E-state index < -0.39 is 27.4 Å². The fourth-order valence-corrected chi connectivity index (χ4v) is 4.69. The van der Waals surface area contributed by atoms with Gasteiger partial charge in [0, 0.05) is 51.9 Å². The highest BCUT2D eigenvalue weighted by Crippen LogP contribution is 2.38. The van der Waals surface area contributed by atoms with Crippen molar-refractivity contribution in [3.63, 3.8) is 0 Å². The van der Waals surface area contributed by atoms with Crippen molar-refractivity contribution in [1.29, 1.82) is 0 Å². The highest BCUT2D eigenvalue weighted by atomic mass is 32.2. The van der Waals surface area contributed by atoms with Crippen LogP contribution >= 0.6 is 11.3 Å². The second-order valence-corrected chi connectivity index (χ2v) is 10.4. The van der Waals surface area contributed by atoms with Crippen molar-refractivity contribution in [2.75, 3.05) is 12.5 Å². The number of carbonyl (C=O) groups excluding carboxylic acids is 1. The molecule has 1 aromatic carbocycles. The Kier molecular flexibility index (Phi) is 4.35. The zero-order chi connectivity index (χ0) is 21.1. The summed E-state index contributed by atoms with van der Waals surface area (Å²) in [5.41, 5.74) is 0.312. The molecule has 152 valence electrons. The number of fused-ring (bicyclic) bond motifs is 3. The average Bonchev–Trinajstić information content (AvgIpc) is 3.23. The number of nitrogens with zero attached hydrogens (tertiary/aromatic N) is 4. The molecule has 0 aliphatic rings. The predicted molar refractivity (Wildman–Crippen MR) is 107 cm³/mol. The lowest BCUT2D eigenvalue weighted by Gasteiger charge is -2.09. The summed E-state index contributed by atoms with van der Waals surface area (Å²) in [6.07, 6.45) is 0.0986. The maximum absolute atomic E-state index is 12.9. The first-order valence-corrected chi connectivity index (χ1v) is 11.5. The first kappa shape index (κ1) is 19.6.